The summed E-state index contributed by atoms with van der Waals surface area (Å²) in [6.07, 6.45) is 4.97. The van der Waals surface area contributed by atoms with Gasteiger partial charge in [0.25, 0.3) is 5.91 Å². The number of benzene rings is 1. The van der Waals surface area contributed by atoms with E-state index in [1.807, 2.05) is 6.07 Å². The maximum atomic E-state index is 12.9. The summed E-state index contributed by atoms with van der Waals surface area (Å²) in [6.45, 7) is 0. The van der Waals surface area contributed by atoms with Crippen LogP contribution in [0.25, 0.3) is 0 Å². The van der Waals surface area contributed by atoms with E-state index in [0.29, 0.717) is 23.5 Å². The Hall–Kier alpha value is -1.74. The first-order valence-electron chi connectivity index (χ1n) is 10.8. The van der Waals surface area contributed by atoms with Gasteiger partial charge in [-0.3, -0.25) is 4.79 Å². The van der Waals surface area contributed by atoms with Gasteiger partial charge in [-0.2, -0.15) is 4.99 Å². The quantitative estimate of drug-likeness (QED) is 0.662. The normalized spacial score (nSPS) is 34.3. The maximum absolute atomic E-state index is 12.9. The van der Waals surface area contributed by atoms with Crippen molar-refractivity contribution >= 4 is 32.7 Å². The molecule has 2 aliphatic carbocycles. The standard InChI is InChI=1S/C22H28N2O5S2/c1-28-18-6-4-14(9-19(18)29-2)10-21(25)23-22-24(16-8-13-3-5-15(16)7-13)17-11-31(26,27)12-20(17)30-22/h4,6,9,13,15-17,20H,3,5,7-8,10-12H2,1-2H3/t13-,15-,16+,17-,20+/m0/s1. The zero-order valence-electron chi connectivity index (χ0n) is 17.8. The Morgan fingerprint density at radius 3 is 2.61 bits per heavy atom. The Morgan fingerprint density at radius 2 is 1.94 bits per heavy atom. The van der Waals surface area contributed by atoms with Crippen molar-refractivity contribution in [3.63, 3.8) is 0 Å². The van der Waals surface area contributed by atoms with E-state index in [1.54, 1.807) is 26.4 Å². The molecule has 4 fully saturated rings. The van der Waals surface area contributed by atoms with E-state index in [1.165, 1.54) is 31.0 Å². The molecular weight excluding hydrogens is 436 g/mol. The number of amidine groups is 1. The number of thioether (sulfide) groups is 1. The van der Waals surface area contributed by atoms with Crippen LogP contribution in [0, 0.1) is 11.8 Å². The van der Waals surface area contributed by atoms with E-state index in [4.69, 9.17) is 9.47 Å². The molecule has 2 saturated carbocycles. The lowest BCUT2D eigenvalue weighted by Gasteiger charge is -2.36. The highest BCUT2D eigenvalue weighted by Gasteiger charge is 2.54. The number of nitrogens with zero attached hydrogens (tertiary/aromatic N) is 2. The monoisotopic (exact) mass is 464 g/mol. The number of amides is 1. The third-order valence-electron chi connectivity index (χ3n) is 7.19. The van der Waals surface area contributed by atoms with Crippen LogP contribution in [0.3, 0.4) is 0 Å². The molecule has 1 amide bonds. The number of ether oxygens (including phenoxy) is 2. The first kappa shape index (κ1) is 21.1. The van der Waals surface area contributed by atoms with Crippen molar-refractivity contribution in [1.29, 1.82) is 0 Å². The number of aliphatic imine (C=N–C) groups is 1. The molecule has 168 valence electrons. The molecule has 31 heavy (non-hydrogen) atoms. The first-order valence-corrected chi connectivity index (χ1v) is 13.5. The van der Waals surface area contributed by atoms with Crippen molar-refractivity contribution in [1.82, 2.24) is 4.90 Å². The van der Waals surface area contributed by atoms with E-state index in [0.717, 1.165) is 23.1 Å². The van der Waals surface area contributed by atoms with E-state index in [-0.39, 0.29) is 35.1 Å². The van der Waals surface area contributed by atoms with Crippen molar-refractivity contribution < 1.29 is 22.7 Å². The topological polar surface area (TPSA) is 85.3 Å². The SMILES string of the molecule is COc1ccc(CC(=O)N=C2S[C@@H]3CS(=O)(=O)C[C@@H]3N2[C@@H]2C[C@H]3CC[C@H]2C3)cc1OC. The predicted octanol–water partition coefficient (Wildman–Crippen LogP) is 2.53. The molecule has 2 bridgehead atoms. The average Bonchev–Trinajstić information content (AvgIpc) is 3.47. The number of carbonyl (C=O) groups is 1. The molecule has 4 aliphatic rings. The van der Waals surface area contributed by atoms with Gasteiger partial charge in [-0.15, -0.1) is 0 Å². The summed E-state index contributed by atoms with van der Waals surface area (Å²) in [7, 11) is 0.121. The Kier molecular flexibility index (Phi) is 5.45. The summed E-state index contributed by atoms with van der Waals surface area (Å²) in [4.78, 5) is 19.6. The molecule has 0 N–H and O–H groups in total. The van der Waals surface area contributed by atoms with Crippen LogP contribution in [0.4, 0.5) is 0 Å². The molecule has 2 heterocycles. The fraction of sp³-hybridized carbons (Fsp3) is 0.636. The van der Waals surface area contributed by atoms with Crippen LogP contribution in [0.5, 0.6) is 11.5 Å². The lowest BCUT2D eigenvalue weighted by atomic mass is 9.93. The minimum Gasteiger partial charge on any atom is -0.493 e. The first-order chi connectivity index (χ1) is 14.9. The van der Waals surface area contributed by atoms with Gasteiger partial charge in [-0.25, -0.2) is 8.42 Å². The Balaban J connectivity index is 1.38. The number of carbonyl (C=O) groups excluding carboxylic acids is 1. The zero-order valence-corrected chi connectivity index (χ0v) is 19.5. The second kappa shape index (κ2) is 7.99. The van der Waals surface area contributed by atoms with Crippen molar-refractivity contribution in [2.24, 2.45) is 16.8 Å². The van der Waals surface area contributed by atoms with Gasteiger partial charge >= 0.3 is 0 Å². The van der Waals surface area contributed by atoms with Crippen LogP contribution >= 0.6 is 11.8 Å². The average molecular weight is 465 g/mol. The highest BCUT2D eigenvalue weighted by atomic mass is 32.2. The lowest BCUT2D eigenvalue weighted by molar-refractivity contribution is -0.117. The molecule has 5 atom stereocenters. The van der Waals surface area contributed by atoms with Crippen LogP contribution < -0.4 is 9.47 Å². The molecular formula is C22H28N2O5S2. The van der Waals surface area contributed by atoms with E-state index in [2.05, 4.69) is 9.89 Å². The van der Waals surface area contributed by atoms with Crippen LogP contribution in [0.15, 0.2) is 23.2 Å². The summed E-state index contributed by atoms with van der Waals surface area (Å²) in [5, 5.41) is 0.713. The Bertz CT molecular complexity index is 1020. The van der Waals surface area contributed by atoms with Crippen molar-refractivity contribution in [2.45, 2.75) is 49.4 Å². The third kappa shape index (κ3) is 3.95. The third-order valence-corrected chi connectivity index (χ3v) is 10.4. The van der Waals surface area contributed by atoms with Crippen LogP contribution in [0.1, 0.15) is 31.2 Å². The molecule has 1 aromatic carbocycles. The van der Waals surface area contributed by atoms with E-state index < -0.39 is 9.84 Å². The lowest BCUT2D eigenvalue weighted by Crippen LogP contribution is -2.47. The minimum atomic E-state index is -3.02. The van der Waals surface area contributed by atoms with Crippen molar-refractivity contribution in [3.05, 3.63) is 23.8 Å². The van der Waals surface area contributed by atoms with Crippen LogP contribution in [-0.4, -0.2) is 67.5 Å². The summed E-state index contributed by atoms with van der Waals surface area (Å²) in [5.74, 6) is 2.68. The highest BCUT2D eigenvalue weighted by Crippen LogP contribution is 2.51. The Labute approximate surface area is 187 Å². The van der Waals surface area contributed by atoms with E-state index in [9.17, 15) is 13.2 Å². The van der Waals surface area contributed by atoms with Gasteiger partial charge in [-0.1, -0.05) is 24.2 Å². The minimum absolute atomic E-state index is 0.0169. The molecule has 0 unspecified atom stereocenters. The highest BCUT2D eigenvalue weighted by molar-refractivity contribution is 8.15. The van der Waals surface area contributed by atoms with Gasteiger partial charge in [0, 0.05) is 11.3 Å². The smallest absolute Gasteiger partial charge is 0.252 e. The van der Waals surface area contributed by atoms with Gasteiger partial charge in [0.2, 0.25) is 0 Å². The maximum Gasteiger partial charge on any atom is 0.252 e. The summed E-state index contributed by atoms with van der Waals surface area (Å²) in [5.41, 5.74) is 0.809. The number of sulfone groups is 1. The molecule has 0 radical (unpaired) electrons. The van der Waals surface area contributed by atoms with Gasteiger partial charge in [-0.05, 0) is 48.8 Å². The molecule has 5 rings (SSSR count). The molecule has 2 saturated heterocycles. The fourth-order valence-electron chi connectivity index (χ4n) is 5.84. The summed E-state index contributed by atoms with van der Waals surface area (Å²) < 4.78 is 35.2. The largest absolute Gasteiger partial charge is 0.493 e. The molecule has 0 spiro atoms. The van der Waals surface area contributed by atoms with Gasteiger partial charge in [0.1, 0.15) is 0 Å². The number of methoxy groups -OCH3 is 2. The fourth-order valence-corrected chi connectivity index (χ4v) is 9.83. The number of fused-ring (bicyclic) bond motifs is 3. The molecule has 9 heteroatoms. The molecule has 1 aromatic rings. The predicted molar refractivity (Wildman–Crippen MR) is 121 cm³/mol. The summed E-state index contributed by atoms with van der Waals surface area (Å²) in [6, 6.07) is 5.70. The van der Waals surface area contributed by atoms with Crippen molar-refractivity contribution in [3.8, 4) is 11.5 Å². The van der Waals surface area contributed by atoms with Gasteiger partial charge in [0.15, 0.2) is 26.5 Å². The number of hydrogen-bond donors (Lipinski definition) is 0. The van der Waals surface area contributed by atoms with Crippen LogP contribution in [0.2, 0.25) is 0 Å². The molecule has 7 nitrogen and oxygen atoms in total. The van der Waals surface area contributed by atoms with Crippen molar-refractivity contribution in [2.75, 3.05) is 25.7 Å². The number of hydrogen-bond acceptors (Lipinski definition) is 6. The molecule has 2 aliphatic heterocycles. The second-order valence-electron chi connectivity index (χ2n) is 9.10. The second-order valence-corrected chi connectivity index (χ2v) is 12.5. The van der Waals surface area contributed by atoms with E-state index >= 15 is 0 Å². The van der Waals surface area contributed by atoms with Gasteiger partial charge < -0.3 is 14.4 Å². The van der Waals surface area contributed by atoms with Gasteiger partial charge in [0.05, 0.1) is 38.2 Å². The zero-order chi connectivity index (χ0) is 21.8. The van der Waals surface area contributed by atoms with Crippen LogP contribution in [-0.2, 0) is 21.1 Å². The molecule has 0 aromatic heterocycles. The number of rotatable bonds is 5. The summed E-state index contributed by atoms with van der Waals surface area (Å²) >= 11 is 1.49. The Morgan fingerprint density at radius 1 is 1.13 bits per heavy atom.